The number of piperazine rings is 1. The second kappa shape index (κ2) is 7.68. The molecular formula is C22H22N4O2. The summed E-state index contributed by atoms with van der Waals surface area (Å²) in [6.45, 7) is 4.32. The monoisotopic (exact) mass is 374 g/mol. The van der Waals surface area contributed by atoms with E-state index in [0.717, 1.165) is 29.7 Å². The van der Waals surface area contributed by atoms with Crippen molar-refractivity contribution in [2.45, 2.75) is 6.92 Å². The maximum absolute atomic E-state index is 12.6. The van der Waals surface area contributed by atoms with Crippen LogP contribution in [-0.2, 0) is 0 Å². The first-order chi connectivity index (χ1) is 13.6. The summed E-state index contributed by atoms with van der Waals surface area (Å²) in [5, 5.41) is 4.03. The molecule has 1 aromatic heterocycles. The molecule has 0 atom stereocenters. The van der Waals surface area contributed by atoms with Crippen molar-refractivity contribution in [1.29, 1.82) is 0 Å². The summed E-state index contributed by atoms with van der Waals surface area (Å²) < 4.78 is 0. The van der Waals surface area contributed by atoms with E-state index < -0.39 is 0 Å². The van der Waals surface area contributed by atoms with Crippen molar-refractivity contribution in [3.8, 4) is 0 Å². The molecule has 0 spiro atoms. The van der Waals surface area contributed by atoms with Crippen LogP contribution in [0.25, 0.3) is 10.9 Å². The van der Waals surface area contributed by atoms with Crippen LogP contribution in [-0.4, -0.2) is 47.9 Å². The zero-order valence-electron chi connectivity index (χ0n) is 15.8. The van der Waals surface area contributed by atoms with Crippen molar-refractivity contribution >= 4 is 34.1 Å². The van der Waals surface area contributed by atoms with E-state index in [1.54, 1.807) is 24.3 Å². The van der Waals surface area contributed by atoms with Crippen LogP contribution in [0.5, 0.6) is 0 Å². The molecule has 3 aromatic rings. The Bertz CT molecular complexity index is 1000. The summed E-state index contributed by atoms with van der Waals surface area (Å²) in [6.07, 6.45) is 1.81. The highest BCUT2D eigenvalue weighted by atomic mass is 16.2. The Kier molecular flexibility index (Phi) is 4.93. The van der Waals surface area contributed by atoms with Crippen LogP contribution in [0, 0.1) is 0 Å². The Hall–Kier alpha value is -3.41. The molecule has 28 heavy (non-hydrogen) atoms. The number of anilines is 2. The van der Waals surface area contributed by atoms with Gasteiger partial charge in [-0.15, -0.1) is 0 Å². The van der Waals surface area contributed by atoms with Crippen molar-refractivity contribution in [2.75, 3.05) is 36.4 Å². The number of carbonyl (C=O) groups is 2. The Labute approximate surface area is 163 Å². The van der Waals surface area contributed by atoms with Gasteiger partial charge >= 0.3 is 6.03 Å². The largest absolute Gasteiger partial charge is 0.366 e. The molecule has 0 unspecified atom stereocenters. The molecule has 2 heterocycles. The van der Waals surface area contributed by atoms with Gasteiger partial charge in [-0.25, -0.2) is 4.79 Å². The van der Waals surface area contributed by atoms with Crippen LogP contribution in [0.4, 0.5) is 16.2 Å². The molecule has 6 heteroatoms. The van der Waals surface area contributed by atoms with Crippen molar-refractivity contribution < 1.29 is 9.59 Å². The fourth-order valence-electron chi connectivity index (χ4n) is 3.48. The van der Waals surface area contributed by atoms with Gasteiger partial charge in [0.2, 0.25) is 0 Å². The number of benzene rings is 2. The minimum absolute atomic E-state index is 0.0110. The second-order valence-electron chi connectivity index (χ2n) is 6.89. The Morgan fingerprint density at radius 3 is 2.36 bits per heavy atom. The number of ketones is 1. The van der Waals surface area contributed by atoms with Gasteiger partial charge in [0.25, 0.3) is 0 Å². The Balaban J connectivity index is 1.39. The quantitative estimate of drug-likeness (QED) is 0.709. The number of hydrogen-bond donors (Lipinski definition) is 1. The van der Waals surface area contributed by atoms with Gasteiger partial charge in [0.05, 0.1) is 11.2 Å². The van der Waals surface area contributed by atoms with Crippen molar-refractivity contribution in [3.63, 3.8) is 0 Å². The third kappa shape index (κ3) is 3.67. The van der Waals surface area contributed by atoms with E-state index >= 15 is 0 Å². The molecule has 0 bridgehead atoms. The molecule has 6 nitrogen and oxygen atoms in total. The van der Waals surface area contributed by atoms with Crippen LogP contribution in [0.15, 0.2) is 60.8 Å². The number of amides is 2. The van der Waals surface area contributed by atoms with Crippen molar-refractivity contribution in [1.82, 2.24) is 9.88 Å². The van der Waals surface area contributed by atoms with Gasteiger partial charge in [0, 0.05) is 49.0 Å². The van der Waals surface area contributed by atoms with E-state index in [0.29, 0.717) is 24.3 Å². The SMILES string of the molecule is CC(=O)c1ccc(NC(=O)N2CCN(c3cccc4cccnc34)CC2)cc1. The van der Waals surface area contributed by atoms with Crippen LogP contribution < -0.4 is 10.2 Å². The lowest BCUT2D eigenvalue weighted by Gasteiger charge is -2.36. The minimum Gasteiger partial charge on any atom is -0.366 e. The Morgan fingerprint density at radius 2 is 1.64 bits per heavy atom. The molecule has 0 aliphatic carbocycles. The van der Waals surface area contributed by atoms with Gasteiger partial charge in [-0.05, 0) is 43.3 Å². The van der Waals surface area contributed by atoms with Crippen LogP contribution in [0.3, 0.4) is 0 Å². The Morgan fingerprint density at radius 1 is 0.929 bits per heavy atom. The smallest absolute Gasteiger partial charge is 0.321 e. The van der Waals surface area contributed by atoms with E-state index in [1.165, 1.54) is 6.92 Å². The van der Waals surface area contributed by atoms with E-state index in [1.807, 2.05) is 23.2 Å². The molecule has 1 aliphatic rings. The number of nitrogens with one attached hydrogen (secondary N) is 1. The maximum atomic E-state index is 12.6. The van der Waals surface area contributed by atoms with Crippen LogP contribution >= 0.6 is 0 Å². The number of Topliss-reactive ketones (excluding diaryl/α,β-unsaturated/α-hetero) is 1. The molecule has 0 radical (unpaired) electrons. The first-order valence-corrected chi connectivity index (χ1v) is 9.37. The highest BCUT2D eigenvalue weighted by Gasteiger charge is 2.22. The molecule has 1 aliphatic heterocycles. The zero-order valence-corrected chi connectivity index (χ0v) is 15.8. The summed E-state index contributed by atoms with van der Waals surface area (Å²) >= 11 is 0. The molecule has 0 saturated carbocycles. The molecule has 1 saturated heterocycles. The van der Waals surface area contributed by atoms with Gasteiger partial charge in [0.1, 0.15) is 0 Å². The highest BCUT2D eigenvalue weighted by molar-refractivity contribution is 5.95. The molecule has 2 amide bonds. The molecule has 1 fully saturated rings. The number of nitrogens with zero attached hydrogens (tertiary/aromatic N) is 3. The molecule has 4 rings (SSSR count). The normalized spacial score (nSPS) is 14.2. The molecule has 1 N–H and O–H groups in total. The number of fused-ring (bicyclic) bond motifs is 1. The first-order valence-electron chi connectivity index (χ1n) is 9.37. The van der Waals surface area contributed by atoms with Gasteiger partial charge in [-0.1, -0.05) is 18.2 Å². The highest BCUT2D eigenvalue weighted by Crippen LogP contribution is 2.25. The lowest BCUT2D eigenvalue weighted by atomic mass is 10.1. The molecular weight excluding hydrogens is 352 g/mol. The average Bonchev–Trinajstić information content (AvgIpc) is 2.74. The third-order valence-electron chi connectivity index (χ3n) is 5.06. The average molecular weight is 374 g/mol. The number of hydrogen-bond acceptors (Lipinski definition) is 4. The van der Waals surface area contributed by atoms with Gasteiger partial charge < -0.3 is 15.1 Å². The summed E-state index contributed by atoms with van der Waals surface area (Å²) in [7, 11) is 0. The number of para-hydroxylation sites is 1. The maximum Gasteiger partial charge on any atom is 0.321 e. The standard InChI is InChI=1S/C22H22N4O2/c1-16(27)17-7-9-19(10-8-17)24-22(28)26-14-12-25(13-15-26)20-6-2-4-18-5-3-11-23-21(18)20/h2-11H,12-15H2,1H3,(H,24,28). The number of aromatic nitrogens is 1. The lowest BCUT2D eigenvalue weighted by molar-refractivity contribution is 0.101. The predicted octanol–water partition coefficient (Wildman–Crippen LogP) is 3.79. The number of carbonyl (C=O) groups excluding carboxylic acids is 2. The van der Waals surface area contributed by atoms with Gasteiger partial charge in [0.15, 0.2) is 5.78 Å². The topological polar surface area (TPSA) is 65.5 Å². The fraction of sp³-hybridized carbons (Fsp3) is 0.227. The second-order valence-corrected chi connectivity index (χ2v) is 6.89. The van der Waals surface area contributed by atoms with Crippen molar-refractivity contribution in [2.24, 2.45) is 0 Å². The fourth-order valence-corrected chi connectivity index (χ4v) is 3.48. The van der Waals surface area contributed by atoms with E-state index in [2.05, 4.69) is 33.4 Å². The van der Waals surface area contributed by atoms with E-state index in [-0.39, 0.29) is 11.8 Å². The summed E-state index contributed by atoms with van der Waals surface area (Å²) in [5.74, 6) is 0.0110. The first kappa shape index (κ1) is 18.0. The van der Waals surface area contributed by atoms with Gasteiger partial charge in [-0.2, -0.15) is 0 Å². The van der Waals surface area contributed by atoms with E-state index in [4.69, 9.17) is 0 Å². The number of rotatable bonds is 3. The van der Waals surface area contributed by atoms with Crippen molar-refractivity contribution in [3.05, 3.63) is 66.4 Å². The van der Waals surface area contributed by atoms with Gasteiger partial charge in [-0.3, -0.25) is 9.78 Å². The summed E-state index contributed by atoms with van der Waals surface area (Å²) in [5.41, 5.74) is 3.43. The third-order valence-corrected chi connectivity index (χ3v) is 5.06. The lowest BCUT2D eigenvalue weighted by Crippen LogP contribution is -2.50. The van der Waals surface area contributed by atoms with Crippen LogP contribution in [0.2, 0.25) is 0 Å². The van der Waals surface area contributed by atoms with Crippen LogP contribution in [0.1, 0.15) is 17.3 Å². The molecule has 142 valence electrons. The van der Waals surface area contributed by atoms with E-state index in [9.17, 15) is 9.59 Å². The number of urea groups is 1. The zero-order chi connectivity index (χ0) is 19.5. The minimum atomic E-state index is -0.119. The summed E-state index contributed by atoms with van der Waals surface area (Å²) in [4.78, 5) is 32.5. The number of pyridine rings is 1. The summed E-state index contributed by atoms with van der Waals surface area (Å²) in [6, 6.07) is 17.0. The predicted molar refractivity (Wildman–Crippen MR) is 111 cm³/mol. The molecule has 2 aromatic carbocycles.